The van der Waals surface area contributed by atoms with Gasteiger partial charge in [0.2, 0.25) is 0 Å². The first-order valence-electron chi connectivity index (χ1n) is 8.58. The van der Waals surface area contributed by atoms with Gasteiger partial charge in [-0.2, -0.15) is 0 Å². The molecule has 0 bridgehead atoms. The van der Waals surface area contributed by atoms with E-state index in [1.807, 2.05) is 13.0 Å². The number of nitrogens with one attached hydrogen (secondary N) is 1. The second-order valence-corrected chi connectivity index (χ2v) is 5.89. The summed E-state index contributed by atoms with van der Waals surface area (Å²) in [6.07, 6.45) is -0.178. The molecule has 3 rings (SSSR count). The van der Waals surface area contributed by atoms with Crippen molar-refractivity contribution in [2.24, 2.45) is 0 Å². The van der Waals surface area contributed by atoms with Crippen LogP contribution in [0.1, 0.15) is 29.8 Å². The number of fused-ring (bicyclic) bond motifs is 1. The average molecular weight is 355 g/mol. The van der Waals surface area contributed by atoms with Crippen LogP contribution in [0.3, 0.4) is 0 Å². The van der Waals surface area contributed by atoms with E-state index in [0.29, 0.717) is 30.2 Å². The minimum atomic E-state index is -0.943. The van der Waals surface area contributed by atoms with E-state index in [1.54, 1.807) is 36.4 Å². The molecule has 2 aromatic carbocycles. The van der Waals surface area contributed by atoms with Gasteiger partial charge in [0.05, 0.1) is 24.5 Å². The highest BCUT2D eigenvalue weighted by molar-refractivity contribution is 5.98. The molecule has 0 fully saturated rings. The van der Waals surface area contributed by atoms with Gasteiger partial charge in [-0.3, -0.25) is 4.79 Å². The zero-order valence-corrected chi connectivity index (χ0v) is 14.8. The maximum atomic E-state index is 12.4. The maximum Gasteiger partial charge on any atom is 0.338 e. The summed E-state index contributed by atoms with van der Waals surface area (Å²) in [7, 11) is 0. The molecule has 1 aliphatic rings. The molecular weight excluding hydrogens is 334 g/mol. The molecule has 1 N–H and O–H groups in total. The Morgan fingerprint density at radius 3 is 2.85 bits per heavy atom. The quantitative estimate of drug-likeness (QED) is 0.806. The minimum Gasteiger partial charge on any atom is -0.493 e. The summed E-state index contributed by atoms with van der Waals surface area (Å²) >= 11 is 0. The second-order valence-electron chi connectivity index (χ2n) is 5.89. The number of amides is 1. The zero-order valence-electron chi connectivity index (χ0n) is 14.8. The molecule has 1 atom stereocenters. The number of benzene rings is 2. The Morgan fingerprint density at radius 2 is 2.04 bits per heavy atom. The smallest absolute Gasteiger partial charge is 0.338 e. The molecule has 136 valence electrons. The number of hydrogen-bond acceptors (Lipinski definition) is 5. The van der Waals surface area contributed by atoms with Gasteiger partial charge in [-0.15, -0.1) is 0 Å². The standard InChI is InChI=1S/C20H21NO5/c1-3-24-18-7-5-4-6-16(18)21-19(22)13(2)26-20(23)15-8-9-17-14(12-15)10-11-25-17/h4-9,12-13H,3,10-11H2,1-2H3,(H,21,22). The van der Waals surface area contributed by atoms with Crippen LogP contribution < -0.4 is 14.8 Å². The fourth-order valence-corrected chi connectivity index (χ4v) is 2.68. The molecule has 1 aliphatic heterocycles. The van der Waals surface area contributed by atoms with Gasteiger partial charge in [0, 0.05) is 6.42 Å². The number of anilines is 1. The molecule has 6 nitrogen and oxygen atoms in total. The van der Waals surface area contributed by atoms with E-state index in [-0.39, 0.29) is 0 Å². The number of ether oxygens (including phenoxy) is 3. The molecule has 6 heteroatoms. The normalized spacial score (nSPS) is 13.3. The summed E-state index contributed by atoms with van der Waals surface area (Å²) < 4.78 is 16.2. The second kappa shape index (κ2) is 7.91. The average Bonchev–Trinajstić information content (AvgIpc) is 3.11. The zero-order chi connectivity index (χ0) is 18.5. The van der Waals surface area contributed by atoms with Crippen LogP contribution in [0.4, 0.5) is 5.69 Å². The monoisotopic (exact) mass is 355 g/mol. The third-order valence-corrected chi connectivity index (χ3v) is 4.02. The van der Waals surface area contributed by atoms with Gasteiger partial charge in [0.25, 0.3) is 5.91 Å². The van der Waals surface area contributed by atoms with Crippen LogP contribution in [0.25, 0.3) is 0 Å². The van der Waals surface area contributed by atoms with Gasteiger partial charge in [0.1, 0.15) is 11.5 Å². The highest BCUT2D eigenvalue weighted by Crippen LogP contribution is 2.27. The summed E-state index contributed by atoms with van der Waals surface area (Å²) in [5.74, 6) is 0.399. The van der Waals surface area contributed by atoms with Crippen molar-refractivity contribution in [1.82, 2.24) is 0 Å². The molecule has 1 amide bonds. The van der Waals surface area contributed by atoms with Gasteiger partial charge >= 0.3 is 5.97 Å². The van der Waals surface area contributed by atoms with Gasteiger partial charge in [-0.05, 0) is 49.7 Å². The topological polar surface area (TPSA) is 73.9 Å². The van der Waals surface area contributed by atoms with E-state index in [4.69, 9.17) is 14.2 Å². The lowest BCUT2D eigenvalue weighted by molar-refractivity contribution is -0.123. The summed E-state index contributed by atoms with van der Waals surface area (Å²) in [5.41, 5.74) is 1.92. The number of carbonyl (C=O) groups excluding carboxylic acids is 2. The van der Waals surface area contributed by atoms with E-state index in [0.717, 1.165) is 17.7 Å². The maximum absolute atomic E-state index is 12.4. The Bertz CT molecular complexity index is 818. The number of para-hydroxylation sites is 2. The summed E-state index contributed by atoms with van der Waals surface area (Å²) in [4.78, 5) is 24.7. The predicted octanol–water partition coefficient (Wildman–Crippen LogP) is 3.20. The Kier molecular flexibility index (Phi) is 5.41. The molecular formula is C20H21NO5. The number of esters is 1. The van der Waals surface area contributed by atoms with Crippen molar-refractivity contribution in [1.29, 1.82) is 0 Å². The van der Waals surface area contributed by atoms with Crippen molar-refractivity contribution in [3.8, 4) is 11.5 Å². The van der Waals surface area contributed by atoms with Crippen LogP contribution >= 0.6 is 0 Å². The van der Waals surface area contributed by atoms with E-state index < -0.39 is 18.0 Å². The first-order valence-corrected chi connectivity index (χ1v) is 8.58. The fourth-order valence-electron chi connectivity index (χ4n) is 2.68. The number of hydrogen-bond donors (Lipinski definition) is 1. The first-order chi connectivity index (χ1) is 12.6. The Labute approximate surface area is 152 Å². The van der Waals surface area contributed by atoms with Gasteiger partial charge in [0.15, 0.2) is 6.10 Å². The van der Waals surface area contributed by atoms with E-state index >= 15 is 0 Å². The lowest BCUT2D eigenvalue weighted by Gasteiger charge is -2.15. The lowest BCUT2D eigenvalue weighted by Crippen LogP contribution is -2.30. The van der Waals surface area contributed by atoms with E-state index in [1.165, 1.54) is 6.92 Å². The molecule has 26 heavy (non-hydrogen) atoms. The van der Waals surface area contributed by atoms with Crippen LogP contribution in [0.15, 0.2) is 42.5 Å². The summed E-state index contributed by atoms with van der Waals surface area (Å²) in [6.45, 7) is 4.50. The van der Waals surface area contributed by atoms with E-state index in [2.05, 4.69) is 5.32 Å². The highest BCUT2D eigenvalue weighted by Gasteiger charge is 2.22. The van der Waals surface area contributed by atoms with Crippen molar-refractivity contribution in [2.75, 3.05) is 18.5 Å². The largest absolute Gasteiger partial charge is 0.493 e. The van der Waals surface area contributed by atoms with Gasteiger partial charge in [-0.1, -0.05) is 12.1 Å². The van der Waals surface area contributed by atoms with Crippen molar-refractivity contribution in [3.05, 3.63) is 53.6 Å². The molecule has 0 radical (unpaired) electrons. The molecule has 1 unspecified atom stereocenters. The Balaban J connectivity index is 1.63. The molecule has 0 saturated heterocycles. The highest BCUT2D eigenvalue weighted by atomic mass is 16.5. The first kappa shape index (κ1) is 17.8. The third-order valence-electron chi connectivity index (χ3n) is 4.02. The van der Waals surface area contributed by atoms with Crippen molar-refractivity contribution < 1.29 is 23.8 Å². The van der Waals surface area contributed by atoms with Gasteiger partial charge < -0.3 is 19.5 Å². The SMILES string of the molecule is CCOc1ccccc1NC(=O)C(C)OC(=O)c1ccc2c(c1)CCO2. The van der Waals surface area contributed by atoms with Gasteiger partial charge in [-0.25, -0.2) is 4.79 Å². The number of rotatable bonds is 6. The lowest BCUT2D eigenvalue weighted by atomic mass is 10.1. The molecule has 0 saturated carbocycles. The van der Waals surface area contributed by atoms with Crippen LogP contribution in [0.5, 0.6) is 11.5 Å². The summed E-state index contributed by atoms with van der Waals surface area (Å²) in [5, 5.41) is 2.73. The fraction of sp³-hybridized carbons (Fsp3) is 0.300. The minimum absolute atomic E-state index is 0.406. The van der Waals surface area contributed by atoms with Crippen LogP contribution in [-0.4, -0.2) is 31.2 Å². The molecule has 0 spiro atoms. The number of carbonyl (C=O) groups is 2. The van der Waals surface area contributed by atoms with Crippen molar-refractivity contribution in [3.63, 3.8) is 0 Å². The molecule has 1 heterocycles. The van der Waals surface area contributed by atoms with Crippen molar-refractivity contribution >= 4 is 17.6 Å². The molecule has 0 aliphatic carbocycles. The Morgan fingerprint density at radius 1 is 1.23 bits per heavy atom. The summed E-state index contributed by atoms with van der Waals surface area (Å²) in [6, 6.07) is 12.3. The van der Waals surface area contributed by atoms with Crippen LogP contribution in [0.2, 0.25) is 0 Å². The molecule has 2 aromatic rings. The van der Waals surface area contributed by atoms with Crippen LogP contribution in [-0.2, 0) is 16.0 Å². The predicted molar refractivity (Wildman–Crippen MR) is 96.8 cm³/mol. The molecule has 0 aromatic heterocycles. The third kappa shape index (κ3) is 3.96. The van der Waals surface area contributed by atoms with E-state index in [9.17, 15) is 9.59 Å². The Hall–Kier alpha value is -3.02. The van der Waals surface area contributed by atoms with Crippen LogP contribution in [0, 0.1) is 0 Å². The van der Waals surface area contributed by atoms with Crippen molar-refractivity contribution in [2.45, 2.75) is 26.4 Å².